The van der Waals surface area contributed by atoms with Crippen LogP contribution < -0.4 is 9.62 Å². The lowest BCUT2D eigenvalue weighted by atomic mass is 10.1. The second kappa shape index (κ2) is 14.5. The molecule has 0 fully saturated rings. The number of hydrogen-bond donors (Lipinski definition) is 1. The highest BCUT2D eigenvalue weighted by atomic mass is 35.5. The van der Waals surface area contributed by atoms with Crippen LogP contribution in [0.2, 0.25) is 5.02 Å². The summed E-state index contributed by atoms with van der Waals surface area (Å²) < 4.78 is 70.0. The van der Waals surface area contributed by atoms with Crippen LogP contribution in [0.4, 0.5) is 18.9 Å². The van der Waals surface area contributed by atoms with Gasteiger partial charge in [0.1, 0.15) is 12.6 Å². The van der Waals surface area contributed by atoms with Crippen LogP contribution in [0.5, 0.6) is 0 Å². The molecule has 0 aliphatic carbocycles. The van der Waals surface area contributed by atoms with E-state index in [1.165, 1.54) is 17.0 Å². The van der Waals surface area contributed by atoms with Crippen molar-refractivity contribution < 1.29 is 31.2 Å². The second-order valence-corrected chi connectivity index (χ2v) is 13.3. The van der Waals surface area contributed by atoms with Gasteiger partial charge in [0, 0.05) is 13.1 Å². The van der Waals surface area contributed by atoms with Crippen LogP contribution in [0.1, 0.15) is 49.4 Å². The van der Waals surface area contributed by atoms with Crippen molar-refractivity contribution in [3.63, 3.8) is 0 Å². The lowest BCUT2D eigenvalue weighted by Crippen LogP contribution is -2.52. The highest BCUT2D eigenvalue weighted by Gasteiger charge is 2.37. The normalized spacial score (nSPS) is 12.6. The first-order valence-corrected chi connectivity index (χ1v) is 15.9. The Hall–Kier alpha value is -3.57. The van der Waals surface area contributed by atoms with Gasteiger partial charge in [-0.05, 0) is 62.1 Å². The number of nitrogens with one attached hydrogen (secondary N) is 1. The topological polar surface area (TPSA) is 86.8 Å². The fraction of sp³-hybridized carbons (Fsp3) is 0.375. The quantitative estimate of drug-likeness (QED) is 0.235. The van der Waals surface area contributed by atoms with Crippen LogP contribution in [-0.4, -0.2) is 44.3 Å². The summed E-state index contributed by atoms with van der Waals surface area (Å²) in [6, 6.07) is 14.7. The molecule has 2 amide bonds. The van der Waals surface area contributed by atoms with Crippen molar-refractivity contribution in [3.8, 4) is 0 Å². The summed E-state index contributed by atoms with van der Waals surface area (Å²) in [7, 11) is -4.55. The Morgan fingerprint density at radius 3 is 2.18 bits per heavy atom. The number of nitrogens with zero attached hydrogens (tertiary/aromatic N) is 2. The van der Waals surface area contributed by atoms with E-state index in [1.807, 2.05) is 32.9 Å². The number of alkyl halides is 3. The lowest BCUT2D eigenvalue weighted by Gasteiger charge is -2.33. The van der Waals surface area contributed by atoms with Crippen molar-refractivity contribution in [1.29, 1.82) is 0 Å². The summed E-state index contributed by atoms with van der Waals surface area (Å²) in [6.45, 7) is 8.67. The summed E-state index contributed by atoms with van der Waals surface area (Å²) in [5, 5.41) is 2.22. The summed E-state index contributed by atoms with van der Waals surface area (Å²) in [5.74, 6) is -1.04. The number of aryl methyl sites for hydroxylation is 2. The van der Waals surface area contributed by atoms with Gasteiger partial charge in [-0.15, -0.1) is 0 Å². The molecular formula is C32H37ClF3N3O4S. The Morgan fingerprint density at radius 2 is 1.61 bits per heavy atom. The fourth-order valence-corrected chi connectivity index (χ4v) is 6.23. The summed E-state index contributed by atoms with van der Waals surface area (Å²) in [5.41, 5.74) is 0.733. The van der Waals surface area contributed by atoms with Crippen LogP contribution in [0.3, 0.4) is 0 Å². The monoisotopic (exact) mass is 651 g/mol. The third kappa shape index (κ3) is 8.75. The first kappa shape index (κ1) is 34.9. The standard InChI is InChI=1S/C32H37ClF3N3O4S/c1-6-29(31(41)37-18-21(2)3)38(19-24-9-7-8-23(5)16-24)30(40)20-39(44(42,43)26-13-10-22(4)11-14-26)25-12-15-28(33)27(17-25)32(34,35)36/h7-17,21,29H,6,18-20H2,1-5H3,(H,37,41)/t29-/m0/s1. The Morgan fingerprint density at radius 1 is 0.955 bits per heavy atom. The number of anilines is 1. The van der Waals surface area contributed by atoms with Crippen LogP contribution in [0, 0.1) is 19.8 Å². The van der Waals surface area contributed by atoms with E-state index in [-0.39, 0.29) is 23.8 Å². The maximum Gasteiger partial charge on any atom is 0.417 e. The Labute approximate surface area is 262 Å². The molecule has 3 rings (SSSR count). The molecule has 3 aromatic carbocycles. The lowest BCUT2D eigenvalue weighted by molar-refractivity contribution is -0.140. The summed E-state index contributed by atoms with van der Waals surface area (Å²) in [4.78, 5) is 28.5. The van der Waals surface area contributed by atoms with Crippen molar-refractivity contribution in [2.24, 2.45) is 5.92 Å². The minimum Gasteiger partial charge on any atom is -0.354 e. The molecule has 0 aliphatic rings. The number of carbonyl (C=O) groups is 2. The van der Waals surface area contributed by atoms with Crippen molar-refractivity contribution in [2.45, 2.75) is 64.7 Å². The molecule has 0 bridgehead atoms. The molecule has 0 spiro atoms. The minimum absolute atomic E-state index is 0.0268. The van der Waals surface area contributed by atoms with Crippen molar-refractivity contribution >= 4 is 39.1 Å². The number of benzene rings is 3. The van der Waals surface area contributed by atoms with Crippen LogP contribution in [-0.2, 0) is 32.3 Å². The predicted octanol–water partition coefficient (Wildman–Crippen LogP) is 6.75. The maximum absolute atomic E-state index is 14.1. The number of halogens is 4. The zero-order chi connectivity index (χ0) is 32.8. The molecule has 0 radical (unpaired) electrons. The van der Waals surface area contributed by atoms with Crippen molar-refractivity contribution in [3.05, 3.63) is 94.0 Å². The molecular weight excluding hydrogens is 615 g/mol. The molecule has 0 saturated heterocycles. The van der Waals surface area contributed by atoms with Gasteiger partial charge in [0.15, 0.2) is 0 Å². The molecule has 0 heterocycles. The van der Waals surface area contributed by atoms with Gasteiger partial charge in [0.2, 0.25) is 11.8 Å². The molecule has 7 nitrogen and oxygen atoms in total. The number of hydrogen-bond acceptors (Lipinski definition) is 4. The Balaban J connectivity index is 2.14. The van der Waals surface area contributed by atoms with Crippen LogP contribution in [0.15, 0.2) is 71.6 Å². The van der Waals surface area contributed by atoms with Crippen molar-refractivity contribution in [1.82, 2.24) is 10.2 Å². The molecule has 0 aliphatic heterocycles. The van der Waals surface area contributed by atoms with Crippen molar-refractivity contribution in [2.75, 3.05) is 17.4 Å². The predicted molar refractivity (Wildman–Crippen MR) is 166 cm³/mol. The zero-order valence-corrected chi connectivity index (χ0v) is 26.9. The van der Waals surface area contributed by atoms with Gasteiger partial charge in [0.25, 0.3) is 10.0 Å². The first-order chi connectivity index (χ1) is 20.5. The van der Waals surface area contributed by atoms with E-state index in [2.05, 4.69) is 5.32 Å². The minimum atomic E-state index is -4.88. The van der Waals surface area contributed by atoms with Gasteiger partial charge >= 0.3 is 6.18 Å². The number of carbonyl (C=O) groups excluding carboxylic acids is 2. The number of rotatable bonds is 12. The van der Waals surface area contributed by atoms with Gasteiger partial charge < -0.3 is 10.2 Å². The molecule has 1 N–H and O–H groups in total. The average molecular weight is 652 g/mol. The molecule has 1 atom stereocenters. The van der Waals surface area contributed by atoms with E-state index in [9.17, 15) is 31.2 Å². The van der Waals surface area contributed by atoms with Gasteiger partial charge in [0.05, 0.1) is 21.2 Å². The molecule has 44 heavy (non-hydrogen) atoms. The molecule has 0 unspecified atom stereocenters. The second-order valence-electron chi connectivity index (χ2n) is 11.1. The Bertz CT molecular complexity index is 1580. The molecule has 3 aromatic rings. The van der Waals surface area contributed by atoms with Crippen LogP contribution >= 0.6 is 11.6 Å². The number of sulfonamides is 1. The highest BCUT2D eigenvalue weighted by molar-refractivity contribution is 7.92. The van der Waals surface area contributed by atoms with E-state index in [4.69, 9.17) is 11.6 Å². The molecule has 0 aromatic heterocycles. The fourth-order valence-electron chi connectivity index (χ4n) is 4.60. The average Bonchev–Trinajstić information content (AvgIpc) is 2.94. The molecule has 12 heteroatoms. The van der Waals surface area contributed by atoms with E-state index >= 15 is 0 Å². The maximum atomic E-state index is 14.1. The zero-order valence-electron chi connectivity index (χ0n) is 25.3. The van der Waals surface area contributed by atoms with Gasteiger partial charge in [-0.2, -0.15) is 13.2 Å². The Kier molecular flexibility index (Phi) is 11.5. The summed E-state index contributed by atoms with van der Waals surface area (Å²) >= 11 is 5.83. The smallest absolute Gasteiger partial charge is 0.354 e. The largest absolute Gasteiger partial charge is 0.417 e. The van der Waals surface area contributed by atoms with E-state index in [0.717, 1.165) is 23.3 Å². The highest BCUT2D eigenvalue weighted by Crippen LogP contribution is 2.38. The third-order valence-electron chi connectivity index (χ3n) is 6.94. The SMILES string of the molecule is CC[C@@H](C(=O)NCC(C)C)N(Cc1cccc(C)c1)C(=O)CN(c1ccc(Cl)c(C(F)(F)F)c1)S(=O)(=O)c1ccc(C)cc1. The first-order valence-electron chi connectivity index (χ1n) is 14.1. The van der Waals surface area contributed by atoms with Crippen LogP contribution in [0.25, 0.3) is 0 Å². The van der Waals surface area contributed by atoms with Gasteiger partial charge in [-0.25, -0.2) is 8.42 Å². The third-order valence-corrected chi connectivity index (χ3v) is 9.05. The van der Waals surface area contributed by atoms with E-state index in [1.54, 1.807) is 38.1 Å². The van der Waals surface area contributed by atoms with E-state index in [0.29, 0.717) is 22.5 Å². The number of amides is 2. The van der Waals surface area contributed by atoms with Gasteiger partial charge in [-0.1, -0.05) is 79.9 Å². The molecule has 238 valence electrons. The van der Waals surface area contributed by atoms with Gasteiger partial charge in [-0.3, -0.25) is 13.9 Å². The summed E-state index contributed by atoms with van der Waals surface area (Å²) in [6.07, 6.45) is -4.67. The van der Waals surface area contributed by atoms with E-state index < -0.39 is 56.9 Å². The molecule has 0 saturated carbocycles.